The van der Waals surface area contributed by atoms with Crippen molar-refractivity contribution in [2.75, 3.05) is 7.05 Å². The van der Waals surface area contributed by atoms with E-state index in [-0.39, 0.29) is 0 Å². The Hall–Kier alpha value is -0.760. The molecule has 102 valence electrons. The molecule has 1 heterocycles. The molecule has 18 heavy (non-hydrogen) atoms. The largest absolute Gasteiger partial charge is 0.354 e. The molecule has 0 aliphatic heterocycles. The Morgan fingerprint density at radius 1 is 1.33 bits per heavy atom. The standard InChI is InChI=1S/C16H28N2/c1-13(2)16(17-3)15-9-11-18(12-15)10-8-14-6-4-5-7-14/h9,11-14,16-17H,4-8,10H2,1-3H3. The van der Waals surface area contributed by atoms with E-state index in [0.29, 0.717) is 12.0 Å². The van der Waals surface area contributed by atoms with E-state index in [0.717, 1.165) is 5.92 Å². The van der Waals surface area contributed by atoms with Gasteiger partial charge in [0.2, 0.25) is 0 Å². The molecule has 2 rings (SSSR count). The van der Waals surface area contributed by atoms with Crippen LogP contribution in [0.15, 0.2) is 18.5 Å². The van der Waals surface area contributed by atoms with Gasteiger partial charge in [-0.3, -0.25) is 0 Å². The second-order valence-corrected chi connectivity index (χ2v) is 6.13. The molecule has 0 aromatic carbocycles. The Balaban J connectivity index is 1.88. The molecule has 1 atom stereocenters. The summed E-state index contributed by atoms with van der Waals surface area (Å²) in [5.74, 6) is 1.63. The lowest BCUT2D eigenvalue weighted by Crippen LogP contribution is -2.21. The van der Waals surface area contributed by atoms with Crippen LogP contribution >= 0.6 is 0 Å². The van der Waals surface area contributed by atoms with Gasteiger partial charge in [-0.15, -0.1) is 0 Å². The van der Waals surface area contributed by atoms with Gasteiger partial charge in [0.05, 0.1) is 0 Å². The molecule has 2 heteroatoms. The monoisotopic (exact) mass is 248 g/mol. The van der Waals surface area contributed by atoms with Gasteiger partial charge in [0, 0.05) is 25.0 Å². The molecule has 1 aliphatic rings. The molecule has 1 aliphatic carbocycles. The lowest BCUT2D eigenvalue weighted by molar-refractivity contribution is 0.438. The Bertz CT molecular complexity index is 348. The topological polar surface area (TPSA) is 17.0 Å². The first-order valence-corrected chi connectivity index (χ1v) is 7.53. The Kier molecular flexibility index (Phi) is 4.87. The molecule has 0 saturated heterocycles. The minimum atomic E-state index is 0.484. The van der Waals surface area contributed by atoms with Crippen LogP contribution in [-0.4, -0.2) is 11.6 Å². The van der Waals surface area contributed by atoms with Crippen molar-refractivity contribution in [2.45, 2.75) is 58.5 Å². The van der Waals surface area contributed by atoms with Crippen molar-refractivity contribution in [2.24, 2.45) is 11.8 Å². The van der Waals surface area contributed by atoms with E-state index in [1.165, 1.54) is 44.2 Å². The summed E-state index contributed by atoms with van der Waals surface area (Å²) in [5.41, 5.74) is 1.43. The van der Waals surface area contributed by atoms with Gasteiger partial charge in [0.1, 0.15) is 0 Å². The first-order chi connectivity index (χ1) is 8.70. The minimum absolute atomic E-state index is 0.484. The van der Waals surface area contributed by atoms with E-state index in [2.05, 4.69) is 49.2 Å². The second-order valence-electron chi connectivity index (χ2n) is 6.13. The highest BCUT2D eigenvalue weighted by Crippen LogP contribution is 2.28. The van der Waals surface area contributed by atoms with Crippen molar-refractivity contribution >= 4 is 0 Å². The van der Waals surface area contributed by atoms with E-state index in [1.807, 2.05) is 0 Å². The lowest BCUT2D eigenvalue weighted by atomic mass is 9.99. The van der Waals surface area contributed by atoms with Gasteiger partial charge < -0.3 is 9.88 Å². The maximum atomic E-state index is 3.41. The molecule has 1 saturated carbocycles. The van der Waals surface area contributed by atoms with Crippen molar-refractivity contribution in [3.05, 3.63) is 24.0 Å². The molecular weight excluding hydrogens is 220 g/mol. The highest BCUT2D eigenvalue weighted by molar-refractivity contribution is 5.16. The lowest BCUT2D eigenvalue weighted by Gasteiger charge is -2.19. The summed E-state index contributed by atoms with van der Waals surface area (Å²) >= 11 is 0. The van der Waals surface area contributed by atoms with Gasteiger partial charge in [0.15, 0.2) is 0 Å². The average Bonchev–Trinajstić information content (AvgIpc) is 2.97. The number of nitrogens with one attached hydrogen (secondary N) is 1. The Labute approximate surface area is 112 Å². The molecule has 0 amide bonds. The SMILES string of the molecule is CNC(c1ccn(CCC2CCCC2)c1)C(C)C. The zero-order valence-corrected chi connectivity index (χ0v) is 12.2. The van der Waals surface area contributed by atoms with Crippen LogP contribution in [0.5, 0.6) is 0 Å². The van der Waals surface area contributed by atoms with Gasteiger partial charge in [0.25, 0.3) is 0 Å². The van der Waals surface area contributed by atoms with Crippen LogP contribution in [-0.2, 0) is 6.54 Å². The van der Waals surface area contributed by atoms with Crippen molar-refractivity contribution in [3.8, 4) is 0 Å². The fourth-order valence-corrected chi connectivity index (χ4v) is 3.30. The summed E-state index contributed by atoms with van der Waals surface area (Å²) in [7, 11) is 2.06. The average molecular weight is 248 g/mol. The van der Waals surface area contributed by atoms with Crippen LogP contribution in [0.3, 0.4) is 0 Å². The number of hydrogen-bond donors (Lipinski definition) is 1. The maximum absolute atomic E-state index is 3.41. The van der Waals surface area contributed by atoms with Crippen LogP contribution in [0, 0.1) is 11.8 Å². The minimum Gasteiger partial charge on any atom is -0.354 e. The smallest absolute Gasteiger partial charge is 0.0355 e. The number of hydrogen-bond acceptors (Lipinski definition) is 1. The zero-order chi connectivity index (χ0) is 13.0. The number of aromatic nitrogens is 1. The van der Waals surface area contributed by atoms with Crippen LogP contribution in [0.25, 0.3) is 0 Å². The van der Waals surface area contributed by atoms with E-state index >= 15 is 0 Å². The third-order valence-corrected chi connectivity index (χ3v) is 4.38. The summed E-state index contributed by atoms with van der Waals surface area (Å²) in [6, 6.07) is 2.76. The molecule has 0 bridgehead atoms. The third-order valence-electron chi connectivity index (χ3n) is 4.38. The fraction of sp³-hybridized carbons (Fsp3) is 0.750. The van der Waals surface area contributed by atoms with Gasteiger partial charge in [-0.1, -0.05) is 39.5 Å². The second kappa shape index (κ2) is 6.42. The highest BCUT2D eigenvalue weighted by Gasteiger charge is 2.16. The van der Waals surface area contributed by atoms with Crippen molar-refractivity contribution in [3.63, 3.8) is 0 Å². The van der Waals surface area contributed by atoms with E-state index in [1.54, 1.807) is 0 Å². The molecule has 2 nitrogen and oxygen atoms in total. The summed E-state index contributed by atoms with van der Waals surface area (Å²) in [6.45, 7) is 5.74. The van der Waals surface area contributed by atoms with E-state index in [9.17, 15) is 0 Å². The highest BCUT2D eigenvalue weighted by atomic mass is 15.0. The summed E-state index contributed by atoms with van der Waals surface area (Å²) < 4.78 is 2.38. The third kappa shape index (κ3) is 3.38. The van der Waals surface area contributed by atoms with Gasteiger partial charge in [-0.05, 0) is 36.9 Å². The van der Waals surface area contributed by atoms with Crippen LogP contribution < -0.4 is 5.32 Å². The quantitative estimate of drug-likeness (QED) is 0.805. The Morgan fingerprint density at radius 2 is 2.06 bits per heavy atom. The summed E-state index contributed by atoms with van der Waals surface area (Å²) in [5, 5.41) is 3.41. The number of rotatable bonds is 6. The number of aryl methyl sites for hydroxylation is 1. The summed E-state index contributed by atoms with van der Waals surface area (Å²) in [6.07, 6.45) is 11.8. The molecule has 0 radical (unpaired) electrons. The predicted octanol–water partition coefficient (Wildman–Crippen LogP) is 3.98. The maximum Gasteiger partial charge on any atom is 0.0355 e. The normalized spacial score (nSPS) is 18.7. The molecule has 1 aromatic rings. The molecule has 0 spiro atoms. The predicted molar refractivity (Wildman–Crippen MR) is 77.6 cm³/mol. The van der Waals surface area contributed by atoms with Crippen molar-refractivity contribution < 1.29 is 0 Å². The molecule has 1 N–H and O–H groups in total. The van der Waals surface area contributed by atoms with Crippen LogP contribution in [0.4, 0.5) is 0 Å². The molecular formula is C16H28N2. The van der Waals surface area contributed by atoms with E-state index < -0.39 is 0 Å². The number of nitrogens with zero attached hydrogens (tertiary/aromatic N) is 1. The zero-order valence-electron chi connectivity index (χ0n) is 12.2. The first kappa shape index (κ1) is 13.7. The van der Waals surface area contributed by atoms with Crippen LogP contribution in [0.2, 0.25) is 0 Å². The molecule has 1 fully saturated rings. The fourth-order valence-electron chi connectivity index (χ4n) is 3.30. The molecule has 1 unspecified atom stereocenters. The Morgan fingerprint density at radius 3 is 2.67 bits per heavy atom. The first-order valence-electron chi connectivity index (χ1n) is 7.53. The van der Waals surface area contributed by atoms with E-state index in [4.69, 9.17) is 0 Å². The van der Waals surface area contributed by atoms with Crippen molar-refractivity contribution in [1.29, 1.82) is 0 Å². The van der Waals surface area contributed by atoms with Crippen LogP contribution in [0.1, 0.15) is 57.6 Å². The van der Waals surface area contributed by atoms with Gasteiger partial charge >= 0.3 is 0 Å². The van der Waals surface area contributed by atoms with Gasteiger partial charge in [-0.25, -0.2) is 0 Å². The van der Waals surface area contributed by atoms with Crippen molar-refractivity contribution in [1.82, 2.24) is 9.88 Å². The van der Waals surface area contributed by atoms with Gasteiger partial charge in [-0.2, -0.15) is 0 Å². The summed E-state index contributed by atoms with van der Waals surface area (Å²) in [4.78, 5) is 0. The molecule has 1 aromatic heterocycles.